The number of aromatic hydroxyl groups is 1. The number of Topliss-reactive ketones (excluding diaryl/α,β-unsaturated/α-hetero) is 1. The van der Waals surface area contributed by atoms with Gasteiger partial charge in [0.25, 0.3) is 0 Å². The third kappa shape index (κ3) is 6.06. The predicted molar refractivity (Wildman–Crippen MR) is 228 cm³/mol. The van der Waals surface area contributed by atoms with Crippen molar-refractivity contribution in [1.29, 1.82) is 0 Å². The number of imide groups is 1. The molecule has 0 spiro atoms. The van der Waals surface area contributed by atoms with Gasteiger partial charge in [-0.15, -0.1) is 0 Å². The SMILES string of the molecule is Cc1cc([C@H]2C3=CC[C@@H]4C(=O)N(c5ccc(N=Nc6ccc(N(C)C)cc6)cc5)C(=O)[C@@H]4[C@@H]3C[C@H]3C(=O)C(c4ccccc4)=CC(=O)[C@@]23c2ccccc2)cc(C)c1O. The average molecular weight is 781 g/mol. The minimum Gasteiger partial charge on any atom is -0.507 e. The molecule has 294 valence electrons. The number of azo groups is 1. The van der Waals surface area contributed by atoms with Crippen molar-refractivity contribution in [3.05, 3.63) is 167 Å². The molecule has 1 aliphatic heterocycles. The quantitative estimate of drug-likeness (QED) is 0.0999. The van der Waals surface area contributed by atoms with E-state index in [4.69, 9.17) is 0 Å². The summed E-state index contributed by atoms with van der Waals surface area (Å²) in [4.78, 5) is 63.0. The lowest BCUT2D eigenvalue weighted by Crippen LogP contribution is -2.58. The van der Waals surface area contributed by atoms with Crippen molar-refractivity contribution in [2.45, 2.75) is 38.0 Å². The number of ketones is 2. The van der Waals surface area contributed by atoms with Crippen molar-refractivity contribution >= 4 is 51.7 Å². The van der Waals surface area contributed by atoms with Gasteiger partial charge in [0.15, 0.2) is 11.6 Å². The molecule has 0 aromatic heterocycles. The summed E-state index contributed by atoms with van der Waals surface area (Å²) in [7, 11) is 3.94. The number of hydrogen-bond acceptors (Lipinski definition) is 8. The molecular formula is C50H44N4O5. The first-order valence-corrected chi connectivity index (χ1v) is 20.1. The maximum atomic E-state index is 15.3. The zero-order valence-corrected chi connectivity index (χ0v) is 33.4. The summed E-state index contributed by atoms with van der Waals surface area (Å²) in [6.07, 6.45) is 4.11. The van der Waals surface area contributed by atoms with E-state index in [9.17, 15) is 14.7 Å². The first kappa shape index (κ1) is 37.8. The number of rotatable bonds is 7. The van der Waals surface area contributed by atoms with Crippen LogP contribution in [0.25, 0.3) is 5.57 Å². The van der Waals surface area contributed by atoms with E-state index in [0.29, 0.717) is 45.7 Å². The van der Waals surface area contributed by atoms with E-state index in [-0.39, 0.29) is 35.6 Å². The van der Waals surface area contributed by atoms with Crippen LogP contribution in [0.15, 0.2) is 149 Å². The van der Waals surface area contributed by atoms with Crippen molar-refractivity contribution in [2.24, 2.45) is 33.9 Å². The second-order valence-corrected chi connectivity index (χ2v) is 16.4. The number of carbonyl (C=O) groups excluding carboxylic acids is 4. The second-order valence-electron chi connectivity index (χ2n) is 16.4. The van der Waals surface area contributed by atoms with Crippen molar-refractivity contribution in [3.8, 4) is 5.75 Å². The molecule has 3 aliphatic carbocycles. The van der Waals surface area contributed by atoms with Gasteiger partial charge in [-0.05, 0) is 115 Å². The molecule has 1 heterocycles. The van der Waals surface area contributed by atoms with Crippen LogP contribution in [0.2, 0.25) is 0 Å². The van der Waals surface area contributed by atoms with Crippen LogP contribution in [0, 0.1) is 37.5 Å². The van der Waals surface area contributed by atoms with Crippen LogP contribution in [0.3, 0.4) is 0 Å². The van der Waals surface area contributed by atoms with Crippen LogP contribution in [0.5, 0.6) is 5.75 Å². The molecule has 4 aliphatic rings. The molecule has 1 saturated heterocycles. The number of allylic oxidation sites excluding steroid dienone is 4. The van der Waals surface area contributed by atoms with Gasteiger partial charge in [-0.3, -0.25) is 24.1 Å². The Balaban J connectivity index is 1.13. The molecule has 2 fully saturated rings. The fourth-order valence-electron chi connectivity index (χ4n) is 10.3. The van der Waals surface area contributed by atoms with Crippen molar-refractivity contribution in [3.63, 3.8) is 0 Å². The minimum absolute atomic E-state index is 0.162. The normalized spacial score (nSPS) is 25.0. The first-order chi connectivity index (χ1) is 28.5. The Morgan fingerprint density at radius 1 is 0.729 bits per heavy atom. The minimum atomic E-state index is -1.34. The Bertz CT molecular complexity index is 2590. The molecule has 9 rings (SSSR count). The predicted octanol–water partition coefficient (Wildman–Crippen LogP) is 9.52. The Labute approximate surface area is 343 Å². The van der Waals surface area contributed by atoms with Gasteiger partial charge in [0.05, 0.1) is 34.3 Å². The molecule has 59 heavy (non-hydrogen) atoms. The van der Waals surface area contributed by atoms with E-state index in [1.165, 1.54) is 11.0 Å². The monoisotopic (exact) mass is 780 g/mol. The van der Waals surface area contributed by atoms with Crippen LogP contribution >= 0.6 is 0 Å². The summed E-state index contributed by atoms with van der Waals surface area (Å²) in [6.45, 7) is 3.66. The fraction of sp³-hybridized carbons (Fsp3) is 0.240. The van der Waals surface area contributed by atoms with Crippen molar-refractivity contribution in [2.75, 3.05) is 23.9 Å². The Morgan fingerprint density at radius 2 is 1.32 bits per heavy atom. The first-order valence-electron chi connectivity index (χ1n) is 20.1. The van der Waals surface area contributed by atoms with E-state index in [1.807, 2.05) is 130 Å². The lowest BCUT2D eigenvalue weighted by molar-refractivity contribution is -0.135. The number of anilines is 2. The summed E-state index contributed by atoms with van der Waals surface area (Å²) >= 11 is 0. The van der Waals surface area contributed by atoms with Crippen molar-refractivity contribution < 1.29 is 24.3 Å². The number of phenolic OH excluding ortho intramolecular Hbond substituents is 1. The standard InChI is InChI=1S/C50H44N4O5/c1-29-25-32(26-30(2)46(29)56)45-38-23-24-39-44(49(59)54(48(39)58)37-21-17-35(18-22-37)52-51-34-15-19-36(20-16-34)53(3)4)41(38)27-42-47(57)40(31-11-7-5-8-12-31)28-43(55)50(42,45)33-13-9-6-10-14-33/h5-23,25-26,28,39,41-42,44-45,56H,24,27H2,1-4H3/t39-,41+,42-,44-,45-,50-/m0/s1. The third-order valence-corrected chi connectivity index (χ3v) is 13.0. The number of phenols is 1. The highest BCUT2D eigenvalue weighted by atomic mass is 16.3. The van der Waals surface area contributed by atoms with Gasteiger partial charge in [0.1, 0.15) is 5.75 Å². The number of hydrogen-bond donors (Lipinski definition) is 1. The van der Waals surface area contributed by atoms with Gasteiger partial charge >= 0.3 is 0 Å². The zero-order chi connectivity index (χ0) is 41.2. The highest BCUT2D eigenvalue weighted by Gasteiger charge is 2.66. The van der Waals surface area contributed by atoms with E-state index in [1.54, 1.807) is 24.3 Å². The largest absolute Gasteiger partial charge is 0.507 e. The Morgan fingerprint density at radius 3 is 1.93 bits per heavy atom. The molecular weight excluding hydrogens is 737 g/mol. The van der Waals surface area contributed by atoms with Crippen LogP contribution in [-0.2, 0) is 24.6 Å². The maximum Gasteiger partial charge on any atom is 0.238 e. The van der Waals surface area contributed by atoms with Crippen LogP contribution < -0.4 is 9.80 Å². The smallest absolute Gasteiger partial charge is 0.238 e. The summed E-state index contributed by atoms with van der Waals surface area (Å²) in [5, 5.41) is 19.7. The Hall–Kier alpha value is -6.74. The lowest BCUT2D eigenvalue weighted by Gasteiger charge is -2.55. The van der Waals surface area contributed by atoms with E-state index >= 15 is 9.59 Å². The van der Waals surface area contributed by atoms with E-state index < -0.39 is 35.0 Å². The molecule has 2 amide bonds. The highest BCUT2D eigenvalue weighted by molar-refractivity contribution is 6.32. The number of carbonyl (C=O) groups is 4. The molecule has 6 atom stereocenters. The van der Waals surface area contributed by atoms with Crippen LogP contribution in [-0.4, -0.2) is 42.6 Å². The van der Waals surface area contributed by atoms with Gasteiger partial charge in [0, 0.05) is 37.2 Å². The molecule has 1 N–H and O–H groups in total. The highest BCUT2D eigenvalue weighted by Crippen LogP contribution is 2.64. The Kier molecular flexibility index (Phi) is 9.34. The molecule has 9 nitrogen and oxygen atoms in total. The molecule has 0 radical (unpaired) electrons. The maximum absolute atomic E-state index is 15.3. The fourth-order valence-corrected chi connectivity index (χ4v) is 10.3. The number of aryl methyl sites for hydroxylation is 2. The molecule has 0 bridgehead atoms. The van der Waals surface area contributed by atoms with Crippen molar-refractivity contribution in [1.82, 2.24) is 0 Å². The number of amides is 2. The third-order valence-electron chi connectivity index (χ3n) is 13.0. The van der Waals surface area contributed by atoms with Gasteiger partial charge in [-0.1, -0.05) is 84.4 Å². The van der Waals surface area contributed by atoms with E-state index in [2.05, 4.69) is 16.3 Å². The van der Waals surface area contributed by atoms with Gasteiger partial charge in [0.2, 0.25) is 11.8 Å². The molecule has 5 aromatic carbocycles. The number of benzene rings is 5. The second kappa shape index (κ2) is 14.6. The van der Waals surface area contributed by atoms with Crippen LogP contribution in [0.4, 0.5) is 22.7 Å². The zero-order valence-electron chi connectivity index (χ0n) is 33.4. The van der Waals surface area contributed by atoms with Gasteiger partial charge in [-0.2, -0.15) is 10.2 Å². The van der Waals surface area contributed by atoms with Gasteiger partial charge < -0.3 is 10.0 Å². The summed E-state index contributed by atoms with van der Waals surface area (Å²) in [5.41, 5.74) is 6.11. The number of nitrogens with zero attached hydrogens (tertiary/aromatic N) is 4. The molecule has 5 aromatic rings. The molecule has 0 unspecified atom stereocenters. The average Bonchev–Trinajstić information content (AvgIpc) is 3.51. The number of fused-ring (bicyclic) bond motifs is 4. The molecule has 9 heteroatoms. The molecule has 1 saturated carbocycles. The summed E-state index contributed by atoms with van der Waals surface area (Å²) in [6, 6.07) is 37.2. The van der Waals surface area contributed by atoms with E-state index in [0.717, 1.165) is 22.4 Å². The lowest BCUT2D eigenvalue weighted by atomic mass is 9.44. The summed E-state index contributed by atoms with van der Waals surface area (Å²) in [5.74, 6) is -4.15. The van der Waals surface area contributed by atoms with Gasteiger partial charge in [-0.25, -0.2) is 0 Å². The van der Waals surface area contributed by atoms with Crippen LogP contribution in [0.1, 0.15) is 46.6 Å². The summed E-state index contributed by atoms with van der Waals surface area (Å²) < 4.78 is 0. The topological polar surface area (TPSA) is 120 Å².